The fraction of sp³-hybridized carbons (Fsp3) is 0.241. The highest BCUT2D eigenvalue weighted by Gasteiger charge is 2.55. The van der Waals surface area contributed by atoms with Crippen LogP contribution in [0.25, 0.3) is 0 Å². The van der Waals surface area contributed by atoms with E-state index in [4.69, 9.17) is 23.2 Å². The molecule has 1 saturated heterocycles. The Morgan fingerprint density at radius 2 is 1.62 bits per heavy atom. The summed E-state index contributed by atoms with van der Waals surface area (Å²) in [5.41, 5.74) is 2.74. The van der Waals surface area contributed by atoms with Crippen molar-refractivity contribution in [1.29, 1.82) is 0 Å². The van der Waals surface area contributed by atoms with E-state index in [9.17, 15) is 24.0 Å². The van der Waals surface area contributed by atoms with Gasteiger partial charge >= 0.3 is 12.1 Å². The van der Waals surface area contributed by atoms with E-state index in [0.29, 0.717) is 32.0 Å². The number of anilines is 2. The lowest BCUT2D eigenvalue weighted by molar-refractivity contribution is -0.121. The van der Waals surface area contributed by atoms with Gasteiger partial charge in [-0.25, -0.2) is 19.4 Å². The summed E-state index contributed by atoms with van der Waals surface area (Å²) in [7, 11) is 0. The average molecular weight is 615 g/mol. The molecule has 1 heterocycles. The minimum atomic E-state index is -1.15. The number of hydroxylamine groups is 2. The van der Waals surface area contributed by atoms with Crippen LogP contribution >= 0.6 is 23.2 Å². The molecule has 0 spiro atoms. The first-order valence-corrected chi connectivity index (χ1v) is 13.7. The molecule has 1 atom stereocenters. The lowest BCUT2D eigenvalue weighted by Gasteiger charge is -2.38. The molecular weight excluding hydrogens is 586 g/mol. The van der Waals surface area contributed by atoms with Crippen LogP contribution < -0.4 is 15.6 Å². The van der Waals surface area contributed by atoms with Crippen molar-refractivity contribution in [3.05, 3.63) is 94.2 Å². The first-order valence-electron chi connectivity index (χ1n) is 13.0. The minimum Gasteiger partial charge on any atom is -0.315 e. The second-order valence-electron chi connectivity index (χ2n) is 10.0. The monoisotopic (exact) mass is 614 g/mol. The van der Waals surface area contributed by atoms with Gasteiger partial charge in [0.25, 0.3) is 0 Å². The number of hydrazone groups is 1. The second kappa shape index (κ2) is 13.2. The molecule has 0 bridgehead atoms. The standard InChI is InChI=1S/C29H29Cl2FN6O4/c1-29(2)26(38(42)27(40)34-23-13-7-20(30)8-14-23)37(24-15-9-21(31)10-16-24)28(41)36(29)17-3-4-25(39)35-33-18-19-5-11-22(32)12-6-19/h5-16,18,26,42H,3-4,17H2,1-2H3,(H,34,40)(H,35,39)/b33-18-/t26-/m1/s1. The van der Waals surface area contributed by atoms with Crippen LogP contribution in [-0.4, -0.2) is 57.6 Å². The fourth-order valence-electron chi connectivity index (χ4n) is 4.59. The summed E-state index contributed by atoms with van der Waals surface area (Å²) in [5, 5.41) is 19.1. The SMILES string of the molecule is CC1(C)[C@@H](N(O)C(=O)Nc2ccc(Cl)cc2)N(c2ccc(Cl)cc2)C(=O)N1CCCC(=O)N/N=C\c1ccc(F)cc1. The van der Waals surface area contributed by atoms with Gasteiger partial charge in [-0.2, -0.15) is 10.2 Å². The van der Waals surface area contributed by atoms with Gasteiger partial charge in [-0.15, -0.1) is 0 Å². The smallest absolute Gasteiger partial charge is 0.315 e. The third-order valence-electron chi connectivity index (χ3n) is 6.71. The van der Waals surface area contributed by atoms with Crippen LogP contribution in [0.2, 0.25) is 10.0 Å². The van der Waals surface area contributed by atoms with Crippen LogP contribution in [0.3, 0.4) is 0 Å². The Hall–Kier alpha value is -4.19. The number of carbonyl (C=O) groups is 3. The number of carbonyl (C=O) groups excluding carboxylic acids is 3. The number of hydrogen-bond donors (Lipinski definition) is 3. The highest BCUT2D eigenvalue weighted by atomic mass is 35.5. The predicted octanol–water partition coefficient (Wildman–Crippen LogP) is 6.33. The van der Waals surface area contributed by atoms with Gasteiger partial charge < -0.3 is 10.2 Å². The Kier molecular flexibility index (Phi) is 9.66. The van der Waals surface area contributed by atoms with E-state index in [1.807, 2.05) is 0 Å². The van der Waals surface area contributed by atoms with E-state index in [1.165, 1.54) is 40.3 Å². The molecule has 5 amide bonds. The summed E-state index contributed by atoms with van der Waals surface area (Å²) in [6.07, 6.45) is 0.569. The maximum atomic E-state index is 13.8. The zero-order valence-corrected chi connectivity index (χ0v) is 24.3. The van der Waals surface area contributed by atoms with E-state index in [1.54, 1.807) is 62.4 Å². The Morgan fingerprint density at radius 1 is 1.02 bits per heavy atom. The normalized spacial score (nSPS) is 16.1. The van der Waals surface area contributed by atoms with Gasteiger partial charge in [-0.05, 0) is 86.5 Å². The third kappa shape index (κ3) is 7.17. The van der Waals surface area contributed by atoms with Crippen molar-refractivity contribution in [3.63, 3.8) is 0 Å². The van der Waals surface area contributed by atoms with Crippen LogP contribution in [0.5, 0.6) is 0 Å². The molecule has 3 aromatic carbocycles. The van der Waals surface area contributed by atoms with Crippen molar-refractivity contribution in [2.45, 2.75) is 38.4 Å². The Morgan fingerprint density at radius 3 is 2.24 bits per heavy atom. The fourth-order valence-corrected chi connectivity index (χ4v) is 4.84. The van der Waals surface area contributed by atoms with Crippen LogP contribution in [0.4, 0.5) is 25.4 Å². The van der Waals surface area contributed by atoms with Gasteiger partial charge in [0.05, 0.1) is 11.8 Å². The summed E-state index contributed by atoms with van der Waals surface area (Å²) >= 11 is 12.0. The molecule has 0 aliphatic carbocycles. The van der Waals surface area contributed by atoms with Gasteiger partial charge in [0.15, 0.2) is 6.17 Å². The van der Waals surface area contributed by atoms with Crippen molar-refractivity contribution in [2.24, 2.45) is 5.10 Å². The molecule has 1 aliphatic rings. The van der Waals surface area contributed by atoms with E-state index in [-0.39, 0.29) is 31.1 Å². The molecule has 10 nitrogen and oxygen atoms in total. The molecule has 0 saturated carbocycles. The molecule has 0 radical (unpaired) electrons. The zero-order valence-electron chi connectivity index (χ0n) is 22.8. The molecule has 3 N–H and O–H groups in total. The van der Waals surface area contributed by atoms with E-state index < -0.39 is 23.8 Å². The third-order valence-corrected chi connectivity index (χ3v) is 7.21. The number of benzene rings is 3. The number of nitrogens with zero attached hydrogens (tertiary/aromatic N) is 4. The van der Waals surface area contributed by atoms with Gasteiger partial charge in [0.1, 0.15) is 5.82 Å². The quantitative estimate of drug-likeness (QED) is 0.148. The Labute approximate surface area is 252 Å². The van der Waals surface area contributed by atoms with Crippen molar-refractivity contribution >= 4 is 58.8 Å². The van der Waals surface area contributed by atoms with E-state index in [2.05, 4.69) is 15.8 Å². The number of urea groups is 2. The molecule has 13 heteroatoms. The molecule has 0 aromatic heterocycles. The minimum absolute atomic E-state index is 0.0477. The van der Waals surface area contributed by atoms with Gasteiger partial charge in [0.2, 0.25) is 5.91 Å². The molecule has 1 aliphatic heterocycles. The maximum absolute atomic E-state index is 13.8. The van der Waals surface area contributed by atoms with Crippen molar-refractivity contribution in [3.8, 4) is 0 Å². The molecule has 42 heavy (non-hydrogen) atoms. The topological polar surface area (TPSA) is 118 Å². The predicted molar refractivity (Wildman–Crippen MR) is 159 cm³/mol. The van der Waals surface area contributed by atoms with E-state index >= 15 is 0 Å². The number of hydrogen-bond acceptors (Lipinski definition) is 5. The van der Waals surface area contributed by atoms with Crippen LogP contribution in [0, 0.1) is 5.82 Å². The van der Waals surface area contributed by atoms with Crippen LogP contribution in [0.15, 0.2) is 77.9 Å². The largest absolute Gasteiger partial charge is 0.347 e. The Balaban J connectivity index is 1.47. The van der Waals surface area contributed by atoms with Crippen molar-refractivity contribution in [1.82, 2.24) is 15.4 Å². The highest BCUT2D eigenvalue weighted by Crippen LogP contribution is 2.38. The Bertz CT molecular complexity index is 1450. The first kappa shape index (κ1) is 30.8. The van der Waals surface area contributed by atoms with Gasteiger partial charge in [-0.3, -0.25) is 14.9 Å². The summed E-state index contributed by atoms with van der Waals surface area (Å²) in [6.45, 7) is 3.59. The summed E-state index contributed by atoms with van der Waals surface area (Å²) in [6, 6.07) is 17.1. The summed E-state index contributed by atoms with van der Waals surface area (Å²) in [4.78, 5) is 42.0. The van der Waals surface area contributed by atoms with Crippen molar-refractivity contribution < 1.29 is 24.0 Å². The molecular formula is C29H29Cl2FN6O4. The molecule has 4 rings (SSSR count). The lowest BCUT2D eigenvalue weighted by atomic mass is 9.99. The zero-order chi connectivity index (χ0) is 30.4. The molecule has 1 fully saturated rings. The second-order valence-corrected chi connectivity index (χ2v) is 10.9. The number of halogens is 3. The maximum Gasteiger partial charge on any atom is 0.347 e. The van der Waals surface area contributed by atoms with Gasteiger partial charge in [-0.1, -0.05) is 35.3 Å². The van der Waals surface area contributed by atoms with E-state index in [0.717, 1.165) is 0 Å². The lowest BCUT2D eigenvalue weighted by Crippen LogP contribution is -2.58. The molecule has 3 aromatic rings. The highest BCUT2D eigenvalue weighted by molar-refractivity contribution is 6.31. The first-order chi connectivity index (χ1) is 20.0. The average Bonchev–Trinajstić information content (AvgIpc) is 3.15. The molecule has 0 unspecified atom stereocenters. The van der Waals surface area contributed by atoms with Crippen molar-refractivity contribution in [2.75, 3.05) is 16.8 Å². The van der Waals surface area contributed by atoms with Crippen LogP contribution in [0.1, 0.15) is 32.3 Å². The number of amides is 5. The number of nitrogens with one attached hydrogen (secondary N) is 2. The van der Waals surface area contributed by atoms with Gasteiger partial charge in [0, 0.05) is 34.4 Å². The molecule has 220 valence electrons. The number of rotatable bonds is 9. The van der Waals surface area contributed by atoms with Crippen LogP contribution in [-0.2, 0) is 4.79 Å². The summed E-state index contributed by atoms with van der Waals surface area (Å²) in [5.74, 6) is -0.756. The summed E-state index contributed by atoms with van der Waals surface area (Å²) < 4.78 is 13.0.